The summed E-state index contributed by atoms with van der Waals surface area (Å²) in [6.45, 7) is 0.279. The molecule has 4 nitrogen and oxygen atoms in total. The molecule has 0 aliphatic heterocycles. The van der Waals surface area contributed by atoms with Gasteiger partial charge in [-0.25, -0.2) is 0 Å². The van der Waals surface area contributed by atoms with Crippen molar-refractivity contribution in [3.05, 3.63) is 36.0 Å². The number of rotatable bonds is 5. The molecule has 1 saturated carbocycles. The third kappa shape index (κ3) is 3.50. The molecule has 0 unspecified atom stereocenters. The molecule has 3 N–H and O–H groups in total. The average Bonchev–Trinajstić information content (AvgIpc) is 2.97. The van der Waals surface area contributed by atoms with Crippen LogP contribution in [0.1, 0.15) is 37.7 Å². The molecule has 0 atom stereocenters. The van der Waals surface area contributed by atoms with Crippen LogP contribution in [0.3, 0.4) is 0 Å². The SMILES string of the molecule is O=C(CCc1c[nH]c2ccccc12)NC1CCC(CO)CC1. The van der Waals surface area contributed by atoms with Crippen LogP contribution in [0.4, 0.5) is 0 Å². The minimum atomic E-state index is 0.137. The number of amides is 1. The highest BCUT2D eigenvalue weighted by Gasteiger charge is 2.21. The highest BCUT2D eigenvalue weighted by molar-refractivity contribution is 5.84. The number of hydrogen-bond donors (Lipinski definition) is 3. The van der Waals surface area contributed by atoms with Gasteiger partial charge in [-0.05, 0) is 49.7 Å². The molecule has 3 rings (SSSR count). The van der Waals surface area contributed by atoms with Gasteiger partial charge < -0.3 is 15.4 Å². The van der Waals surface area contributed by atoms with Gasteiger partial charge in [-0.3, -0.25) is 4.79 Å². The van der Waals surface area contributed by atoms with Crippen molar-refractivity contribution in [2.45, 2.75) is 44.6 Å². The summed E-state index contributed by atoms with van der Waals surface area (Å²) in [6.07, 6.45) is 7.32. The maximum Gasteiger partial charge on any atom is 0.220 e. The van der Waals surface area contributed by atoms with E-state index in [0.717, 1.165) is 37.6 Å². The van der Waals surface area contributed by atoms with E-state index in [1.807, 2.05) is 18.3 Å². The van der Waals surface area contributed by atoms with Crippen molar-refractivity contribution in [3.63, 3.8) is 0 Å². The van der Waals surface area contributed by atoms with Crippen LogP contribution in [0.15, 0.2) is 30.5 Å². The predicted molar refractivity (Wildman–Crippen MR) is 87.6 cm³/mol. The number of H-pyrrole nitrogens is 1. The van der Waals surface area contributed by atoms with Gasteiger partial charge in [0.15, 0.2) is 0 Å². The van der Waals surface area contributed by atoms with Gasteiger partial charge in [0.05, 0.1) is 0 Å². The molecule has 1 aliphatic rings. The van der Waals surface area contributed by atoms with Gasteiger partial charge in [0.25, 0.3) is 0 Å². The van der Waals surface area contributed by atoms with Crippen LogP contribution in [0.5, 0.6) is 0 Å². The smallest absolute Gasteiger partial charge is 0.220 e. The Balaban J connectivity index is 1.48. The molecule has 118 valence electrons. The number of carbonyl (C=O) groups is 1. The number of fused-ring (bicyclic) bond motifs is 1. The third-order valence-electron chi connectivity index (χ3n) is 4.77. The Morgan fingerprint density at radius 1 is 1.23 bits per heavy atom. The largest absolute Gasteiger partial charge is 0.396 e. The summed E-state index contributed by atoms with van der Waals surface area (Å²) in [7, 11) is 0. The number of aliphatic hydroxyl groups excluding tert-OH is 1. The lowest BCUT2D eigenvalue weighted by Crippen LogP contribution is -2.38. The molecule has 0 bridgehead atoms. The summed E-state index contributed by atoms with van der Waals surface area (Å²) >= 11 is 0. The molecule has 4 heteroatoms. The molecule has 22 heavy (non-hydrogen) atoms. The standard InChI is InChI=1S/C18H24N2O2/c21-12-13-5-8-15(9-6-13)20-18(22)10-7-14-11-19-17-4-2-1-3-16(14)17/h1-4,11,13,15,19,21H,5-10,12H2,(H,20,22). The highest BCUT2D eigenvalue weighted by Crippen LogP contribution is 2.24. The minimum absolute atomic E-state index is 0.137. The molecule has 1 aliphatic carbocycles. The summed E-state index contributed by atoms with van der Waals surface area (Å²) in [5.74, 6) is 0.567. The quantitative estimate of drug-likeness (QED) is 0.795. The van der Waals surface area contributed by atoms with Gasteiger partial charge in [0.2, 0.25) is 5.91 Å². The van der Waals surface area contributed by atoms with Crippen molar-refractivity contribution >= 4 is 16.8 Å². The molecule has 1 aromatic heterocycles. The first kappa shape index (κ1) is 15.1. The highest BCUT2D eigenvalue weighted by atomic mass is 16.3. The lowest BCUT2D eigenvalue weighted by atomic mass is 9.86. The fourth-order valence-electron chi connectivity index (χ4n) is 3.38. The second kappa shape index (κ2) is 6.97. The number of aliphatic hydroxyl groups is 1. The van der Waals surface area contributed by atoms with Crippen molar-refractivity contribution in [1.82, 2.24) is 10.3 Å². The van der Waals surface area contributed by atoms with Crippen molar-refractivity contribution in [3.8, 4) is 0 Å². The van der Waals surface area contributed by atoms with Gasteiger partial charge in [-0.1, -0.05) is 18.2 Å². The van der Waals surface area contributed by atoms with Crippen molar-refractivity contribution < 1.29 is 9.90 Å². The maximum absolute atomic E-state index is 12.1. The van der Waals surface area contributed by atoms with Crippen LogP contribution in [0.2, 0.25) is 0 Å². The van der Waals surface area contributed by atoms with Gasteiger partial charge in [0.1, 0.15) is 0 Å². The molecule has 0 radical (unpaired) electrons. The van der Waals surface area contributed by atoms with E-state index in [1.54, 1.807) is 0 Å². The molecule has 1 fully saturated rings. The van der Waals surface area contributed by atoms with E-state index < -0.39 is 0 Å². The number of para-hydroxylation sites is 1. The first-order chi connectivity index (χ1) is 10.8. The number of benzene rings is 1. The predicted octanol–water partition coefficient (Wildman–Crippen LogP) is 2.77. The number of hydrogen-bond acceptors (Lipinski definition) is 2. The number of carbonyl (C=O) groups excluding carboxylic acids is 1. The summed E-state index contributed by atoms with van der Waals surface area (Å²) in [4.78, 5) is 15.4. The molecule has 1 heterocycles. The summed E-state index contributed by atoms with van der Waals surface area (Å²) < 4.78 is 0. The van der Waals surface area contributed by atoms with Gasteiger partial charge in [0, 0.05) is 36.2 Å². The zero-order chi connectivity index (χ0) is 15.4. The van der Waals surface area contributed by atoms with Crippen LogP contribution < -0.4 is 5.32 Å². The Morgan fingerprint density at radius 3 is 2.77 bits per heavy atom. The van der Waals surface area contributed by atoms with Crippen LogP contribution in [-0.2, 0) is 11.2 Å². The molecular weight excluding hydrogens is 276 g/mol. The zero-order valence-electron chi connectivity index (χ0n) is 12.8. The number of aromatic nitrogens is 1. The topological polar surface area (TPSA) is 65.1 Å². The van der Waals surface area contributed by atoms with Gasteiger partial charge in [-0.2, -0.15) is 0 Å². The van der Waals surface area contributed by atoms with E-state index in [9.17, 15) is 4.79 Å². The van der Waals surface area contributed by atoms with Crippen molar-refractivity contribution in [1.29, 1.82) is 0 Å². The molecule has 2 aromatic rings. The Bertz CT molecular complexity index is 627. The van der Waals surface area contributed by atoms with Gasteiger partial charge in [-0.15, -0.1) is 0 Å². The Labute approximate surface area is 130 Å². The first-order valence-corrected chi connectivity index (χ1v) is 8.21. The summed E-state index contributed by atoms with van der Waals surface area (Å²) in [5, 5.41) is 13.5. The number of nitrogens with one attached hydrogen (secondary N) is 2. The maximum atomic E-state index is 12.1. The summed E-state index contributed by atoms with van der Waals surface area (Å²) in [6, 6.07) is 8.48. The number of aromatic amines is 1. The zero-order valence-corrected chi connectivity index (χ0v) is 12.8. The molecular formula is C18H24N2O2. The van der Waals surface area contributed by atoms with Gasteiger partial charge >= 0.3 is 0 Å². The Kier molecular flexibility index (Phi) is 4.78. The van der Waals surface area contributed by atoms with E-state index in [1.165, 1.54) is 10.9 Å². The molecule has 0 spiro atoms. The van der Waals surface area contributed by atoms with Crippen LogP contribution >= 0.6 is 0 Å². The van der Waals surface area contributed by atoms with E-state index >= 15 is 0 Å². The summed E-state index contributed by atoms with van der Waals surface area (Å²) in [5.41, 5.74) is 2.33. The average molecular weight is 300 g/mol. The van der Waals surface area contributed by atoms with E-state index in [0.29, 0.717) is 18.4 Å². The normalized spacial score (nSPS) is 21.9. The fourth-order valence-corrected chi connectivity index (χ4v) is 3.38. The molecule has 0 saturated heterocycles. The second-order valence-electron chi connectivity index (χ2n) is 6.33. The Hall–Kier alpha value is -1.81. The van der Waals surface area contributed by atoms with E-state index in [2.05, 4.69) is 22.4 Å². The first-order valence-electron chi connectivity index (χ1n) is 8.21. The van der Waals surface area contributed by atoms with Crippen LogP contribution in [-0.4, -0.2) is 28.6 Å². The molecule has 1 amide bonds. The third-order valence-corrected chi connectivity index (χ3v) is 4.77. The lowest BCUT2D eigenvalue weighted by molar-refractivity contribution is -0.122. The molecule has 1 aromatic carbocycles. The monoisotopic (exact) mass is 300 g/mol. The fraction of sp³-hybridized carbons (Fsp3) is 0.500. The number of aryl methyl sites for hydroxylation is 1. The van der Waals surface area contributed by atoms with Crippen molar-refractivity contribution in [2.24, 2.45) is 5.92 Å². The second-order valence-corrected chi connectivity index (χ2v) is 6.33. The minimum Gasteiger partial charge on any atom is -0.396 e. The Morgan fingerprint density at radius 2 is 2.00 bits per heavy atom. The van der Waals surface area contributed by atoms with E-state index in [4.69, 9.17) is 5.11 Å². The van der Waals surface area contributed by atoms with E-state index in [-0.39, 0.29) is 12.5 Å². The van der Waals surface area contributed by atoms with Crippen LogP contribution in [0.25, 0.3) is 10.9 Å². The lowest BCUT2D eigenvalue weighted by Gasteiger charge is -2.27. The van der Waals surface area contributed by atoms with Crippen LogP contribution in [0, 0.1) is 5.92 Å². The van der Waals surface area contributed by atoms with Crippen molar-refractivity contribution in [2.75, 3.05) is 6.61 Å².